The first-order valence-corrected chi connectivity index (χ1v) is 8.81. The van der Waals surface area contributed by atoms with Crippen LogP contribution in [0, 0.1) is 0 Å². The minimum absolute atomic E-state index is 0.255. The van der Waals surface area contributed by atoms with Gasteiger partial charge in [0.15, 0.2) is 11.5 Å². The van der Waals surface area contributed by atoms with Crippen LogP contribution in [0.15, 0.2) is 18.2 Å². The van der Waals surface area contributed by atoms with Crippen LogP contribution in [-0.4, -0.2) is 46.6 Å². The summed E-state index contributed by atoms with van der Waals surface area (Å²) >= 11 is 0. The van der Waals surface area contributed by atoms with Gasteiger partial charge in [0.25, 0.3) is 0 Å². The molecule has 3 rings (SSSR count). The molecule has 1 aliphatic carbocycles. The Kier molecular flexibility index (Phi) is 5.65. The monoisotopic (exact) mass is 388 g/mol. The van der Waals surface area contributed by atoms with E-state index in [4.69, 9.17) is 23.7 Å². The SMILES string of the molecule is COC(=O)c1cc2c(cc1OC)-c1c(cc(OC)c(OC)c1OC)CCC2O. The fourth-order valence-corrected chi connectivity index (χ4v) is 3.67. The van der Waals surface area contributed by atoms with Crippen molar-refractivity contribution < 1.29 is 33.6 Å². The Morgan fingerprint density at radius 2 is 1.61 bits per heavy atom. The number of fused-ring (bicyclic) bond motifs is 3. The van der Waals surface area contributed by atoms with Crippen molar-refractivity contribution in [2.75, 3.05) is 35.5 Å². The van der Waals surface area contributed by atoms with Crippen LogP contribution >= 0.6 is 0 Å². The average molecular weight is 388 g/mol. The van der Waals surface area contributed by atoms with E-state index >= 15 is 0 Å². The Balaban J connectivity index is 2.39. The van der Waals surface area contributed by atoms with Crippen LogP contribution < -0.4 is 18.9 Å². The maximum atomic E-state index is 12.2. The van der Waals surface area contributed by atoms with Crippen LogP contribution in [0.4, 0.5) is 0 Å². The molecule has 0 radical (unpaired) electrons. The molecule has 0 bridgehead atoms. The molecule has 1 atom stereocenters. The first-order valence-electron chi connectivity index (χ1n) is 8.81. The van der Waals surface area contributed by atoms with E-state index in [1.165, 1.54) is 14.2 Å². The molecule has 0 aliphatic heterocycles. The van der Waals surface area contributed by atoms with Gasteiger partial charge in [-0.15, -0.1) is 0 Å². The highest BCUT2D eigenvalue weighted by molar-refractivity contribution is 5.95. The van der Waals surface area contributed by atoms with Gasteiger partial charge in [0.1, 0.15) is 11.3 Å². The van der Waals surface area contributed by atoms with Gasteiger partial charge in [-0.05, 0) is 47.7 Å². The van der Waals surface area contributed by atoms with E-state index in [-0.39, 0.29) is 5.56 Å². The number of ether oxygens (including phenoxy) is 5. The molecule has 2 aromatic carbocycles. The van der Waals surface area contributed by atoms with E-state index in [1.54, 1.807) is 33.5 Å². The molecule has 150 valence electrons. The number of carbonyl (C=O) groups is 1. The average Bonchev–Trinajstić information content (AvgIpc) is 2.87. The van der Waals surface area contributed by atoms with Gasteiger partial charge in [0, 0.05) is 5.56 Å². The molecule has 0 aromatic heterocycles. The van der Waals surface area contributed by atoms with Crippen molar-refractivity contribution >= 4 is 5.97 Å². The fourth-order valence-electron chi connectivity index (χ4n) is 3.67. The van der Waals surface area contributed by atoms with E-state index in [0.29, 0.717) is 47.0 Å². The molecule has 0 heterocycles. The summed E-state index contributed by atoms with van der Waals surface area (Å²) in [7, 11) is 7.45. The highest BCUT2D eigenvalue weighted by atomic mass is 16.5. The van der Waals surface area contributed by atoms with Crippen molar-refractivity contribution in [2.45, 2.75) is 18.9 Å². The molecule has 1 aliphatic rings. The number of aryl methyl sites for hydroxylation is 1. The van der Waals surface area contributed by atoms with Crippen LogP contribution in [0.25, 0.3) is 11.1 Å². The van der Waals surface area contributed by atoms with Crippen LogP contribution in [0.3, 0.4) is 0 Å². The van der Waals surface area contributed by atoms with Crippen molar-refractivity contribution in [1.82, 2.24) is 0 Å². The van der Waals surface area contributed by atoms with E-state index in [9.17, 15) is 9.90 Å². The lowest BCUT2D eigenvalue weighted by molar-refractivity contribution is 0.0596. The molecule has 0 amide bonds. The highest BCUT2D eigenvalue weighted by Crippen LogP contribution is 2.51. The zero-order valence-corrected chi connectivity index (χ0v) is 16.6. The number of rotatable bonds is 5. The largest absolute Gasteiger partial charge is 0.496 e. The summed E-state index contributed by atoms with van der Waals surface area (Å²) in [5.74, 6) is 1.33. The molecule has 28 heavy (non-hydrogen) atoms. The zero-order chi connectivity index (χ0) is 20.4. The maximum absolute atomic E-state index is 12.2. The lowest BCUT2D eigenvalue weighted by Gasteiger charge is -2.21. The lowest BCUT2D eigenvalue weighted by Crippen LogP contribution is -2.08. The van der Waals surface area contributed by atoms with Gasteiger partial charge in [-0.3, -0.25) is 0 Å². The molecule has 0 saturated heterocycles. The molecule has 7 nitrogen and oxygen atoms in total. The fraction of sp³-hybridized carbons (Fsp3) is 0.381. The summed E-state index contributed by atoms with van der Waals surface area (Å²) in [4.78, 5) is 12.2. The van der Waals surface area contributed by atoms with Crippen LogP contribution in [-0.2, 0) is 11.2 Å². The highest BCUT2D eigenvalue weighted by Gasteiger charge is 2.30. The lowest BCUT2D eigenvalue weighted by atomic mass is 9.92. The van der Waals surface area contributed by atoms with E-state index in [0.717, 1.165) is 11.1 Å². The predicted octanol–water partition coefficient (Wildman–Crippen LogP) is 3.15. The second-order valence-electron chi connectivity index (χ2n) is 6.37. The summed E-state index contributed by atoms with van der Waals surface area (Å²) in [6, 6.07) is 5.23. The third-order valence-corrected chi connectivity index (χ3v) is 5.00. The molecule has 1 N–H and O–H groups in total. The minimum atomic E-state index is -0.765. The van der Waals surface area contributed by atoms with Crippen molar-refractivity contribution in [2.24, 2.45) is 0 Å². The Morgan fingerprint density at radius 3 is 2.18 bits per heavy atom. The van der Waals surface area contributed by atoms with E-state index < -0.39 is 12.1 Å². The van der Waals surface area contributed by atoms with Crippen LogP contribution in [0.5, 0.6) is 23.0 Å². The molecule has 0 fully saturated rings. The normalized spacial score (nSPS) is 15.0. The number of aliphatic hydroxyl groups excluding tert-OH is 1. The van der Waals surface area contributed by atoms with Crippen LogP contribution in [0.2, 0.25) is 0 Å². The van der Waals surface area contributed by atoms with Gasteiger partial charge in [-0.25, -0.2) is 4.79 Å². The van der Waals surface area contributed by atoms with Crippen molar-refractivity contribution in [1.29, 1.82) is 0 Å². The number of benzene rings is 2. The summed E-state index contributed by atoms with van der Waals surface area (Å²) in [6.45, 7) is 0. The zero-order valence-electron chi connectivity index (χ0n) is 16.6. The maximum Gasteiger partial charge on any atom is 0.341 e. The number of esters is 1. The Bertz CT molecular complexity index is 904. The summed E-state index contributed by atoms with van der Waals surface area (Å²) in [6.07, 6.45) is 0.307. The third-order valence-electron chi connectivity index (χ3n) is 5.00. The van der Waals surface area contributed by atoms with Gasteiger partial charge < -0.3 is 28.8 Å². The Labute approximate surface area is 163 Å². The summed E-state index contributed by atoms with van der Waals surface area (Å²) < 4.78 is 26.9. The van der Waals surface area contributed by atoms with Gasteiger partial charge in [-0.2, -0.15) is 0 Å². The number of hydrogen-bond acceptors (Lipinski definition) is 7. The molecule has 0 saturated carbocycles. The number of methoxy groups -OCH3 is 5. The van der Waals surface area contributed by atoms with Gasteiger partial charge in [0.2, 0.25) is 5.75 Å². The van der Waals surface area contributed by atoms with E-state index in [2.05, 4.69) is 0 Å². The number of aliphatic hydroxyl groups is 1. The molecule has 2 aromatic rings. The summed E-state index contributed by atoms with van der Waals surface area (Å²) in [5.41, 5.74) is 3.29. The van der Waals surface area contributed by atoms with Gasteiger partial charge in [-0.1, -0.05) is 0 Å². The van der Waals surface area contributed by atoms with Crippen molar-refractivity contribution in [3.05, 3.63) is 34.9 Å². The number of carbonyl (C=O) groups excluding carboxylic acids is 1. The first-order chi connectivity index (χ1) is 13.5. The van der Waals surface area contributed by atoms with Crippen molar-refractivity contribution in [3.8, 4) is 34.1 Å². The number of hydrogen-bond donors (Lipinski definition) is 1. The quantitative estimate of drug-likeness (QED) is 0.788. The molecule has 1 unspecified atom stereocenters. The van der Waals surface area contributed by atoms with Crippen LogP contribution in [0.1, 0.15) is 34.0 Å². The predicted molar refractivity (Wildman–Crippen MR) is 103 cm³/mol. The minimum Gasteiger partial charge on any atom is -0.496 e. The first kappa shape index (κ1) is 19.8. The van der Waals surface area contributed by atoms with E-state index in [1.807, 2.05) is 6.07 Å². The standard InChI is InChI=1S/C21H24O7/c1-24-16-10-13-12(9-14(16)21(23)28-5)15(22)7-6-11-8-17(25-2)19(26-3)20(27-4)18(11)13/h8-10,15,22H,6-7H2,1-5H3. The molecular formula is C21H24O7. The Morgan fingerprint density at radius 1 is 0.929 bits per heavy atom. The second kappa shape index (κ2) is 7.98. The molecule has 0 spiro atoms. The third kappa shape index (κ3) is 3.11. The second-order valence-corrected chi connectivity index (χ2v) is 6.37. The summed E-state index contributed by atoms with van der Waals surface area (Å²) in [5, 5.41) is 10.8. The van der Waals surface area contributed by atoms with Gasteiger partial charge in [0.05, 0.1) is 41.7 Å². The molecule has 7 heteroatoms. The van der Waals surface area contributed by atoms with Gasteiger partial charge >= 0.3 is 5.97 Å². The molecular weight excluding hydrogens is 364 g/mol. The Hall–Kier alpha value is -2.93. The van der Waals surface area contributed by atoms with Crippen molar-refractivity contribution in [3.63, 3.8) is 0 Å². The topological polar surface area (TPSA) is 83.5 Å². The smallest absolute Gasteiger partial charge is 0.341 e.